The first-order valence-electron chi connectivity index (χ1n) is 8.52. The van der Waals surface area contributed by atoms with Crippen molar-refractivity contribution in [3.05, 3.63) is 0 Å². The van der Waals surface area contributed by atoms with Crippen LogP contribution in [0.5, 0.6) is 0 Å². The largest absolute Gasteiger partial charge is 0.462 e. The molecule has 2 nitrogen and oxygen atoms in total. The van der Waals surface area contributed by atoms with Gasteiger partial charge in [0.05, 0.1) is 0 Å². The van der Waals surface area contributed by atoms with E-state index in [1.54, 1.807) is 0 Å². The molecule has 0 aromatic carbocycles. The quantitative estimate of drug-likeness (QED) is 0.493. The first kappa shape index (κ1) is 16.5. The van der Waals surface area contributed by atoms with Crippen LogP contribution in [0.3, 0.4) is 0 Å². The van der Waals surface area contributed by atoms with Gasteiger partial charge in [-0.05, 0) is 32.1 Å². The van der Waals surface area contributed by atoms with Crippen molar-refractivity contribution in [3.63, 3.8) is 0 Å². The molecule has 0 amide bonds. The molecule has 0 spiro atoms. The van der Waals surface area contributed by atoms with Crippen molar-refractivity contribution in [1.82, 2.24) is 0 Å². The van der Waals surface area contributed by atoms with Crippen molar-refractivity contribution in [2.24, 2.45) is 0 Å². The Morgan fingerprint density at radius 2 is 1.63 bits per heavy atom. The van der Waals surface area contributed by atoms with E-state index in [1.165, 1.54) is 64.2 Å². The third kappa shape index (κ3) is 9.07. The highest BCUT2D eigenvalue weighted by atomic mass is 16.5. The van der Waals surface area contributed by atoms with Gasteiger partial charge in [0, 0.05) is 6.42 Å². The number of carbonyl (C=O) groups is 1. The number of carbonyl (C=O) groups excluding carboxylic acids is 1. The zero-order valence-corrected chi connectivity index (χ0v) is 12.8. The number of unbranched alkanes of at least 4 members (excludes halogenated alkanes) is 3. The highest BCUT2D eigenvalue weighted by Gasteiger charge is 2.14. The number of esters is 1. The maximum atomic E-state index is 11.8. The van der Waals surface area contributed by atoms with Crippen LogP contribution in [0.1, 0.15) is 96.8 Å². The zero-order valence-electron chi connectivity index (χ0n) is 12.8. The Kier molecular flexibility index (Phi) is 9.84. The maximum absolute atomic E-state index is 11.8. The van der Waals surface area contributed by atoms with Gasteiger partial charge in [0.25, 0.3) is 0 Å². The minimum Gasteiger partial charge on any atom is -0.462 e. The molecule has 19 heavy (non-hydrogen) atoms. The molecule has 1 aliphatic rings. The smallest absolute Gasteiger partial charge is 0.306 e. The molecule has 1 atom stereocenters. The molecule has 1 saturated heterocycles. The molecule has 1 unspecified atom stereocenters. The lowest BCUT2D eigenvalue weighted by Gasteiger charge is -2.18. The molecule has 0 aromatic heterocycles. The van der Waals surface area contributed by atoms with E-state index in [2.05, 4.69) is 6.92 Å². The van der Waals surface area contributed by atoms with Gasteiger partial charge >= 0.3 is 5.97 Å². The summed E-state index contributed by atoms with van der Waals surface area (Å²) in [4.78, 5) is 11.8. The second-order valence-electron chi connectivity index (χ2n) is 5.97. The fraction of sp³-hybridized carbons (Fsp3) is 0.941. The van der Waals surface area contributed by atoms with Gasteiger partial charge in [-0.25, -0.2) is 0 Å². The SMILES string of the molecule is CCCCCCC1CCCCCCCCCC(=O)O1. The first-order valence-corrected chi connectivity index (χ1v) is 8.52. The Morgan fingerprint density at radius 3 is 2.37 bits per heavy atom. The van der Waals surface area contributed by atoms with Crippen LogP contribution in [0.2, 0.25) is 0 Å². The molecule has 112 valence electrons. The molecule has 0 aromatic rings. The fourth-order valence-electron chi connectivity index (χ4n) is 2.83. The van der Waals surface area contributed by atoms with E-state index in [-0.39, 0.29) is 12.1 Å². The monoisotopic (exact) mass is 268 g/mol. The molecule has 1 aliphatic heterocycles. The Labute approximate surface area is 119 Å². The summed E-state index contributed by atoms with van der Waals surface area (Å²) in [7, 11) is 0. The molecule has 0 radical (unpaired) electrons. The summed E-state index contributed by atoms with van der Waals surface area (Å²) in [5.74, 6) is 0.0427. The van der Waals surface area contributed by atoms with Gasteiger partial charge in [0.1, 0.15) is 6.10 Å². The predicted molar refractivity (Wildman–Crippen MR) is 80.2 cm³/mol. The van der Waals surface area contributed by atoms with E-state index in [1.807, 2.05) is 0 Å². The molecule has 2 heteroatoms. The Hall–Kier alpha value is -0.530. The summed E-state index contributed by atoms with van der Waals surface area (Å²) in [5, 5.41) is 0. The summed E-state index contributed by atoms with van der Waals surface area (Å²) in [6.45, 7) is 2.23. The van der Waals surface area contributed by atoms with E-state index in [4.69, 9.17) is 4.74 Å². The summed E-state index contributed by atoms with van der Waals surface area (Å²) in [5.41, 5.74) is 0. The van der Waals surface area contributed by atoms with Crippen molar-refractivity contribution < 1.29 is 9.53 Å². The Balaban J connectivity index is 2.28. The molecule has 1 heterocycles. The van der Waals surface area contributed by atoms with Gasteiger partial charge in [-0.15, -0.1) is 0 Å². The van der Waals surface area contributed by atoms with Crippen LogP contribution in [0, 0.1) is 0 Å². The van der Waals surface area contributed by atoms with Gasteiger partial charge in [-0.1, -0.05) is 58.3 Å². The molecule has 1 rings (SSSR count). The number of cyclic esters (lactones) is 1. The number of ether oxygens (including phenoxy) is 1. The van der Waals surface area contributed by atoms with Crippen molar-refractivity contribution in [1.29, 1.82) is 0 Å². The van der Waals surface area contributed by atoms with Crippen LogP contribution in [0.15, 0.2) is 0 Å². The average Bonchev–Trinajstić information content (AvgIpc) is 2.39. The van der Waals surface area contributed by atoms with Crippen LogP contribution in [0.25, 0.3) is 0 Å². The van der Waals surface area contributed by atoms with E-state index >= 15 is 0 Å². The van der Waals surface area contributed by atoms with Gasteiger partial charge in [-0.2, -0.15) is 0 Å². The van der Waals surface area contributed by atoms with E-state index < -0.39 is 0 Å². The maximum Gasteiger partial charge on any atom is 0.306 e. The van der Waals surface area contributed by atoms with Crippen LogP contribution in [-0.2, 0) is 9.53 Å². The molecular formula is C17H32O2. The fourth-order valence-corrected chi connectivity index (χ4v) is 2.83. The first-order chi connectivity index (χ1) is 9.33. The molecule has 0 aliphatic carbocycles. The average molecular weight is 268 g/mol. The highest BCUT2D eigenvalue weighted by molar-refractivity contribution is 5.69. The van der Waals surface area contributed by atoms with Crippen molar-refractivity contribution in [2.45, 2.75) is 103 Å². The molecule has 1 fully saturated rings. The van der Waals surface area contributed by atoms with Crippen molar-refractivity contribution in [2.75, 3.05) is 0 Å². The topological polar surface area (TPSA) is 26.3 Å². The van der Waals surface area contributed by atoms with Gasteiger partial charge in [-0.3, -0.25) is 4.79 Å². The van der Waals surface area contributed by atoms with E-state index in [0.717, 1.165) is 19.3 Å². The summed E-state index contributed by atoms with van der Waals surface area (Å²) in [6, 6.07) is 0. The van der Waals surface area contributed by atoms with E-state index in [0.29, 0.717) is 6.42 Å². The third-order valence-corrected chi connectivity index (χ3v) is 4.08. The highest BCUT2D eigenvalue weighted by Crippen LogP contribution is 2.18. The van der Waals surface area contributed by atoms with Crippen molar-refractivity contribution >= 4 is 5.97 Å². The number of hydrogen-bond donors (Lipinski definition) is 0. The Bertz CT molecular complexity index is 223. The minimum atomic E-state index is 0.0427. The van der Waals surface area contributed by atoms with Gasteiger partial charge in [0.2, 0.25) is 0 Å². The van der Waals surface area contributed by atoms with Crippen molar-refractivity contribution in [3.8, 4) is 0 Å². The van der Waals surface area contributed by atoms with Gasteiger partial charge < -0.3 is 4.74 Å². The van der Waals surface area contributed by atoms with Crippen LogP contribution in [-0.4, -0.2) is 12.1 Å². The van der Waals surface area contributed by atoms with Crippen LogP contribution >= 0.6 is 0 Å². The molecule has 0 bridgehead atoms. The van der Waals surface area contributed by atoms with Crippen LogP contribution < -0.4 is 0 Å². The second-order valence-corrected chi connectivity index (χ2v) is 5.97. The molecular weight excluding hydrogens is 236 g/mol. The summed E-state index contributed by atoms with van der Waals surface area (Å²) < 4.78 is 5.66. The minimum absolute atomic E-state index is 0.0427. The lowest BCUT2D eigenvalue weighted by atomic mass is 10.0. The zero-order chi connectivity index (χ0) is 13.8. The summed E-state index contributed by atoms with van der Waals surface area (Å²) in [6.07, 6.45) is 16.8. The molecule has 0 N–H and O–H groups in total. The third-order valence-electron chi connectivity index (χ3n) is 4.08. The standard InChI is InChI=1S/C17H32O2/c1-2-3-4-10-13-16-14-11-8-6-5-7-9-12-15-17(18)19-16/h16H,2-15H2,1H3. The number of hydrogen-bond acceptors (Lipinski definition) is 2. The van der Waals surface area contributed by atoms with E-state index in [9.17, 15) is 4.79 Å². The lowest BCUT2D eigenvalue weighted by Crippen LogP contribution is -2.18. The Morgan fingerprint density at radius 1 is 0.947 bits per heavy atom. The lowest BCUT2D eigenvalue weighted by molar-refractivity contribution is -0.150. The van der Waals surface area contributed by atoms with Crippen LogP contribution in [0.4, 0.5) is 0 Å². The normalized spacial score (nSPS) is 23.2. The van der Waals surface area contributed by atoms with Gasteiger partial charge in [0.15, 0.2) is 0 Å². The second kappa shape index (κ2) is 11.3. The summed E-state index contributed by atoms with van der Waals surface area (Å²) >= 11 is 0. The number of rotatable bonds is 5. The predicted octanol–water partition coefficient (Wildman–Crippen LogP) is 5.39. The molecule has 0 saturated carbocycles.